The summed E-state index contributed by atoms with van der Waals surface area (Å²) < 4.78 is 32.7. The molecule has 7 heteroatoms. The van der Waals surface area contributed by atoms with Crippen molar-refractivity contribution >= 4 is 15.8 Å². The van der Waals surface area contributed by atoms with Crippen LogP contribution in [0, 0.1) is 11.3 Å². The van der Waals surface area contributed by atoms with Crippen LogP contribution in [0.25, 0.3) is 0 Å². The number of rotatable bonds is 3. The third-order valence-electron chi connectivity index (χ3n) is 3.31. The Morgan fingerprint density at radius 3 is 2.86 bits per heavy atom. The number of benzene rings is 1. The fourth-order valence-corrected chi connectivity index (χ4v) is 3.34. The molecule has 1 aromatic carbocycles. The molecule has 2 aromatic rings. The molecule has 0 radical (unpaired) electrons. The van der Waals surface area contributed by atoms with E-state index in [0.29, 0.717) is 12.0 Å². The van der Waals surface area contributed by atoms with Crippen molar-refractivity contribution in [3.63, 3.8) is 0 Å². The number of hydrogen-bond acceptors (Lipinski definition) is 5. The first-order valence-corrected chi connectivity index (χ1v) is 8.15. The monoisotopic (exact) mass is 315 g/mol. The lowest BCUT2D eigenvalue weighted by Crippen LogP contribution is -2.14. The van der Waals surface area contributed by atoms with E-state index < -0.39 is 10.0 Å². The van der Waals surface area contributed by atoms with Crippen LogP contribution in [0.2, 0.25) is 0 Å². The number of aromatic nitrogens is 1. The van der Waals surface area contributed by atoms with Gasteiger partial charge in [0.25, 0.3) is 10.0 Å². The number of fused-ring (bicyclic) bond motifs is 1. The van der Waals surface area contributed by atoms with Crippen molar-refractivity contribution in [3.05, 3.63) is 47.7 Å². The summed E-state index contributed by atoms with van der Waals surface area (Å²) in [5.41, 5.74) is 1.25. The Balaban J connectivity index is 1.87. The minimum Gasteiger partial charge on any atom is -0.490 e. The number of ether oxygens (including phenoxy) is 1. The van der Waals surface area contributed by atoms with Gasteiger partial charge in [0.1, 0.15) is 23.7 Å². The first-order chi connectivity index (χ1) is 10.5. The van der Waals surface area contributed by atoms with Crippen molar-refractivity contribution in [2.75, 3.05) is 4.72 Å². The molecule has 0 aliphatic carbocycles. The van der Waals surface area contributed by atoms with Gasteiger partial charge >= 0.3 is 0 Å². The Kier molecular flexibility index (Phi) is 3.47. The highest BCUT2D eigenvalue weighted by Gasteiger charge is 2.23. The van der Waals surface area contributed by atoms with E-state index in [2.05, 4.69) is 9.71 Å². The van der Waals surface area contributed by atoms with E-state index in [4.69, 9.17) is 10.00 Å². The summed E-state index contributed by atoms with van der Waals surface area (Å²) in [7, 11) is -3.72. The van der Waals surface area contributed by atoms with Crippen LogP contribution in [-0.4, -0.2) is 19.5 Å². The van der Waals surface area contributed by atoms with E-state index in [1.165, 1.54) is 24.4 Å². The second-order valence-corrected chi connectivity index (χ2v) is 6.73. The van der Waals surface area contributed by atoms with Crippen LogP contribution in [0.1, 0.15) is 18.1 Å². The average Bonchev–Trinajstić information content (AvgIpc) is 2.86. The fourth-order valence-electron chi connectivity index (χ4n) is 2.28. The van der Waals surface area contributed by atoms with Gasteiger partial charge in [-0.1, -0.05) is 0 Å². The first kappa shape index (κ1) is 14.4. The predicted molar refractivity (Wildman–Crippen MR) is 80.0 cm³/mol. The number of sulfonamides is 1. The zero-order chi connectivity index (χ0) is 15.7. The van der Waals surface area contributed by atoms with Gasteiger partial charge in [-0.05, 0) is 42.8 Å². The third kappa shape index (κ3) is 2.73. The molecule has 3 rings (SSSR count). The van der Waals surface area contributed by atoms with Crippen LogP contribution in [0.4, 0.5) is 5.82 Å². The Morgan fingerprint density at radius 1 is 1.36 bits per heavy atom. The van der Waals surface area contributed by atoms with Crippen molar-refractivity contribution in [1.82, 2.24) is 4.98 Å². The van der Waals surface area contributed by atoms with Gasteiger partial charge in [0, 0.05) is 12.6 Å². The van der Waals surface area contributed by atoms with E-state index >= 15 is 0 Å². The maximum atomic E-state index is 12.4. The van der Waals surface area contributed by atoms with Gasteiger partial charge in [0.15, 0.2) is 0 Å². The number of nitriles is 1. The number of hydrogen-bond donors (Lipinski definition) is 1. The van der Waals surface area contributed by atoms with Gasteiger partial charge < -0.3 is 4.74 Å². The molecule has 112 valence electrons. The maximum absolute atomic E-state index is 12.4. The lowest BCUT2D eigenvalue weighted by Gasteiger charge is -2.08. The molecular formula is C15H13N3O3S. The summed E-state index contributed by atoms with van der Waals surface area (Å²) in [5, 5.41) is 8.71. The average molecular weight is 315 g/mol. The highest BCUT2D eigenvalue weighted by molar-refractivity contribution is 7.92. The van der Waals surface area contributed by atoms with E-state index in [9.17, 15) is 8.42 Å². The minimum atomic E-state index is -3.72. The molecular weight excluding hydrogens is 302 g/mol. The summed E-state index contributed by atoms with van der Waals surface area (Å²) in [6.45, 7) is 1.94. The quantitative estimate of drug-likeness (QED) is 0.936. The van der Waals surface area contributed by atoms with Gasteiger partial charge in [-0.15, -0.1) is 0 Å². The van der Waals surface area contributed by atoms with Crippen LogP contribution in [-0.2, 0) is 16.4 Å². The molecule has 2 heterocycles. The van der Waals surface area contributed by atoms with Gasteiger partial charge in [0.05, 0.1) is 10.5 Å². The Morgan fingerprint density at radius 2 is 2.18 bits per heavy atom. The van der Waals surface area contributed by atoms with Crippen molar-refractivity contribution in [2.24, 2.45) is 0 Å². The van der Waals surface area contributed by atoms with Crippen LogP contribution in [0.5, 0.6) is 5.75 Å². The first-order valence-electron chi connectivity index (χ1n) is 6.66. The molecule has 0 saturated heterocycles. The number of anilines is 1. The number of nitrogens with zero attached hydrogens (tertiary/aromatic N) is 2. The van der Waals surface area contributed by atoms with Gasteiger partial charge in [-0.3, -0.25) is 4.72 Å². The molecule has 1 aliphatic heterocycles. The van der Waals surface area contributed by atoms with E-state index in [1.54, 1.807) is 12.1 Å². The molecule has 1 aromatic heterocycles. The second-order valence-electron chi connectivity index (χ2n) is 5.05. The molecule has 0 saturated carbocycles. The molecule has 0 unspecified atom stereocenters. The van der Waals surface area contributed by atoms with Gasteiger partial charge in [-0.25, -0.2) is 13.4 Å². The van der Waals surface area contributed by atoms with Gasteiger partial charge in [-0.2, -0.15) is 5.26 Å². The zero-order valence-electron chi connectivity index (χ0n) is 11.8. The lowest BCUT2D eigenvalue weighted by atomic mass is 10.1. The fraction of sp³-hybridized carbons (Fsp3) is 0.200. The Bertz CT molecular complexity index is 855. The number of pyridine rings is 1. The molecule has 1 N–H and O–H groups in total. The van der Waals surface area contributed by atoms with E-state index in [1.807, 2.05) is 13.0 Å². The molecule has 22 heavy (non-hydrogen) atoms. The van der Waals surface area contributed by atoms with Crippen LogP contribution < -0.4 is 9.46 Å². The van der Waals surface area contributed by atoms with Crippen LogP contribution in [0.3, 0.4) is 0 Å². The molecule has 0 amide bonds. The van der Waals surface area contributed by atoms with Crippen molar-refractivity contribution in [3.8, 4) is 11.8 Å². The SMILES string of the molecule is C[C@@H]1Cc2cc(S(=O)(=O)Nc3ccc(C#N)cn3)ccc2O1. The minimum absolute atomic E-state index is 0.0566. The standard InChI is InChI=1S/C15H13N3O3S/c1-10-6-12-7-13(3-4-14(12)21-10)22(19,20)18-15-5-2-11(8-16)9-17-15/h2-5,7,9-10H,6H2,1H3,(H,17,18)/t10-/m1/s1. The summed E-state index contributed by atoms with van der Waals surface area (Å²) in [4.78, 5) is 4.07. The molecule has 1 aliphatic rings. The Labute approximate surface area is 128 Å². The lowest BCUT2D eigenvalue weighted by molar-refractivity contribution is 0.254. The van der Waals surface area contributed by atoms with Crippen LogP contribution in [0.15, 0.2) is 41.4 Å². The summed E-state index contributed by atoms with van der Waals surface area (Å²) in [6, 6.07) is 9.67. The smallest absolute Gasteiger partial charge is 0.263 e. The van der Waals surface area contributed by atoms with E-state index in [0.717, 1.165) is 11.3 Å². The molecule has 1 atom stereocenters. The maximum Gasteiger partial charge on any atom is 0.263 e. The summed E-state index contributed by atoms with van der Waals surface area (Å²) >= 11 is 0. The van der Waals surface area contributed by atoms with Crippen molar-refractivity contribution in [2.45, 2.75) is 24.3 Å². The second kappa shape index (κ2) is 5.31. The predicted octanol–water partition coefficient (Wildman–Crippen LogP) is 2.08. The number of nitrogens with one attached hydrogen (secondary N) is 1. The molecule has 0 fully saturated rings. The third-order valence-corrected chi connectivity index (χ3v) is 4.66. The zero-order valence-corrected chi connectivity index (χ0v) is 12.6. The van der Waals surface area contributed by atoms with Crippen LogP contribution >= 0.6 is 0 Å². The topological polar surface area (TPSA) is 92.1 Å². The molecule has 6 nitrogen and oxygen atoms in total. The Hall–Kier alpha value is -2.59. The van der Waals surface area contributed by atoms with E-state index in [-0.39, 0.29) is 16.8 Å². The van der Waals surface area contributed by atoms with Crippen molar-refractivity contribution < 1.29 is 13.2 Å². The van der Waals surface area contributed by atoms with Gasteiger partial charge in [0.2, 0.25) is 0 Å². The highest BCUT2D eigenvalue weighted by atomic mass is 32.2. The molecule has 0 spiro atoms. The summed E-state index contributed by atoms with van der Waals surface area (Å²) in [6.07, 6.45) is 2.06. The largest absolute Gasteiger partial charge is 0.490 e. The normalized spacial score (nSPS) is 16.5. The molecule has 0 bridgehead atoms. The summed E-state index contributed by atoms with van der Waals surface area (Å²) in [5.74, 6) is 0.895. The highest BCUT2D eigenvalue weighted by Crippen LogP contribution is 2.31. The van der Waals surface area contributed by atoms with Crippen molar-refractivity contribution in [1.29, 1.82) is 5.26 Å².